The maximum absolute atomic E-state index is 11.2. The molecule has 0 saturated heterocycles. The first-order chi connectivity index (χ1) is 10.4. The Bertz CT molecular complexity index is 663. The van der Waals surface area contributed by atoms with E-state index in [0.29, 0.717) is 11.4 Å². The lowest BCUT2D eigenvalue weighted by Crippen LogP contribution is -2.19. The normalized spacial score (nSPS) is 11.0. The first-order valence-corrected chi connectivity index (χ1v) is 6.21. The van der Waals surface area contributed by atoms with E-state index in [4.69, 9.17) is 5.11 Å². The van der Waals surface area contributed by atoms with E-state index < -0.39 is 11.9 Å². The average Bonchev–Trinajstić information content (AvgIpc) is 2.52. The lowest BCUT2D eigenvalue weighted by Gasteiger charge is -2.09. The average molecular weight is 301 g/mol. The predicted molar refractivity (Wildman–Crippen MR) is 83.0 cm³/mol. The van der Waals surface area contributed by atoms with Crippen molar-refractivity contribution in [3.05, 3.63) is 70.8 Å². The van der Waals surface area contributed by atoms with Gasteiger partial charge in [-0.2, -0.15) is 0 Å². The summed E-state index contributed by atoms with van der Waals surface area (Å²) in [7, 11) is 0. The van der Waals surface area contributed by atoms with Crippen LogP contribution >= 0.6 is 0 Å². The van der Waals surface area contributed by atoms with Gasteiger partial charge in [-0.3, -0.25) is 4.79 Å². The molecule has 7 nitrogen and oxygen atoms in total. The van der Waals surface area contributed by atoms with Crippen LogP contribution in [0, 0.1) is 4.91 Å². The Labute approximate surface area is 127 Å². The highest BCUT2D eigenvalue weighted by molar-refractivity contribution is 5.95. The number of carbonyl (C=O) groups excluding carboxylic acids is 1. The number of carboxylic acid groups (broad SMARTS) is 1. The minimum Gasteiger partial charge on any atom is -0.478 e. The van der Waals surface area contributed by atoms with E-state index in [9.17, 15) is 14.5 Å². The zero-order valence-corrected chi connectivity index (χ0v) is 11.9. The number of hydrogen-bond donors (Lipinski definition) is 3. The summed E-state index contributed by atoms with van der Waals surface area (Å²) >= 11 is 0. The molecular formula is C15H15N3O4. The van der Waals surface area contributed by atoms with E-state index >= 15 is 0 Å². The van der Waals surface area contributed by atoms with Crippen molar-refractivity contribution in [2.45, 2.75) is 6.92 Å². The standard InChI is InChI=1S/C15H15N3O4/c1-10(15(20)21)5-3-6-11(2)16-17-13-8-4-7-12(9-13)14(19)18-22/h3-9,16-17H,1H2,2H3,(H,20,21)/b5-3-,11-6+. The van der Waals surface area contributed by atoms with Crippen molar-refractivity contribution in [2.24, 2.45) is 5.18 Å². The van der Waals surface area contributed by atoms with Gasteiger partial charge >= 0.3 is 11.9 Å². The SMILES string of the molecule is C=C(/C=C\C=C(/C)NNc1cccc(C(=O)N=O)c1)C(=O)O. The molecule has 0 aliphatic heterocycles. The Hall–Kier alpha value is -3.22. The highest BCUT2D eigenvalue weighted by atomic mass is 16.4. The highest BCUT2D eigenvalue weighted by Crippen LogP contribution is 2.11. The van der Waals surface area contributed by atoms with Crippen LogP contribution in [0.1, 0.15) is 17.3 Å². The smallest absolute Gasteiger partial charge is 0.335 e. The summed E-state index contributed by atoms with van der Waals surface area (Å²) in [5.41, 5.74) is 7.11. The number of carbonyl (C=O) groups is 2. The molecular weight excluding hydrogens is 286 g/mol. The van der Waals surface area contributed by atoms with Gasteiger partial charge in [0.05, 0.1) is 11.3 Å². The van der Waals surface area contributed by atoms with Crippen LogP contribution in [-0.4, -0.2) is 17.0 Å². The number of anilines is 1. The summed E-state index contributed by atoms with van der Waals surface area (Å²) in [6.45, 7) is 5.11. The number of nitrogens with zero attached hydrogens (tertiary/aromatic N) is 1. The molecule has 1 aromatic rings. The van der Waals surface area contributed by atoms with Gasteiger partial charge in [0.15, 0.2) is 0 Å². The topological polar surface area (TPSA) is 108 Å². The molecule has 0 aromatic heterocycles. The predicted octanol–water partition coefficient (Wildman–Crippen LogP) is 2.61. The Balaban J connectivity index is 2.62. The number of benzene rings is 1. The van der Waals surface area contributed by atoms with Crippen LogP contribution in [-0.2, 0) is 4.79 Å². The molecule has 0 spiro atoms. The Morgan fingerprint density at radius 2 is 2.09 bits per heavy atom. The van der Waals surface area contributed by atoms with E-state index in [0.717, 1.165) is 0 Å². The van der Waals surface area contributed by atoms with Crippen molar-refractivity contribution < 1.29 is 14.7 Å². The molecule has 0 aliphatic carbocycles. The number of nitrogens with one attached hydrogen (secondary N) is 2. The third kappa shape index (κ3) is 5.41. The van der Waals surface area contributed by atoms with Crippen molar-refractivity contribution in [1.82, 2.24) is 5.43 Å². The van der Waals surface area contributed by atoms with E-state index in [2.05, 4.69) is 22.6 Å². The molecule has 7 heteroatoms. The third-order valence-corrected chi connectivity index (χ3v) is 2.51. The maximum Gasteiger partial charge on any atom is 0.335 e. The molecule has 0 unspecified atom stereocenters. The maximum atomic E-state index is 11.2. The molecule has 0 saturated carbocycles. The quantitative estimate of drug-likeness (QED) is 0.309. The van der Waals surface area contributed by atoms with Crippen molar-refractivity contribution in [2.75, 3.05) is 5.43 Å². The van der Waals surface area contributed by atoms with E-state index in [1.54, 1.807) is 25.1 Å². The number of amides is 1. The zero-order valence-electron chi connectivity index (χ0n) is 11.9. The molecule has 22 heavy (non-hydrogen) atoms. The number of aliphatic carboxylic acids is 1. The molecule has 0 aliphatic rings. The summed E-state index contributed by atoms with van der Waals surface area (Å²) in [6, 6.07) is 6.27. The van der Waals surface area contributed by atoms with E-state index in [1.165, 1.54) is 24.3 Å². The Morgan fingerprint density at radius 1 is 1.36 bits per heavy atom. The number of hydrazine groups is 1. The van der Waals surface area contributed by atoms with E-state index in [1.807, 2.05) is 0 Å². The highest BCUT2D eigenvalue weighted by Gasteiger charge is 2.05. The number of nitroso groups, excluding NO2 is 1. The summed E-state index contributed by atoms with van der Waals surface area (Å²) in [6.07, 6.45) is 4.54. The van der Waals surface area contributed by atoms with Crippen LogP contribution in [0.15, 0.2) is 65.5 Å². The van der Waals surface area contributed by atoms with Gasteiger partial charge in [0.25, 0.3) is 0 Å². The number of allylic oxidation sites excluding steroid dienone is 3. The van der Waals surface area contributed by atoms with E-state index in [-0.39, 0.29) is 11.1 Å². The second kappa shape index (κ2) is 8.15. The van der Waals surface area contributed by atoms with Gasteiger partial charge in [-0.25, -0.2) is 4.79 Å². The van der Waals surface area contributed by atoms with Gasteiger partial charge in [-0.05, 0) is 37.3 Å². The molecule has 3 N–H and O–H groups in total. The van der Waals surface area contributed by atoms with Gasteiger partial charge in [0.2, 0.25) is 0 Å². The molecule has 0 heterocycles. The van der Waals surface area contributed by atoms with Crippen molar-refractivity contribution in [3.63, 3.8) is 0 Å². The number of hydrogen-bond acceptors (Lipinski definition) is 5. The van der Waals surface area contributed by atoms with Crippen LogP contribution in [0.25, 0.3) is 0 Å². The molecule has 1 aromatic carbocycles. The minimum atomic E-state index is -1.08. The van der Waals surface area contributed by atoms with Gasteiger partial charge < -0.3 is 16.0 Å². The fourth-order valence-corrected chi connectivity index (χ4v) is 1.37. The Kier molecular flexibility index (Phi) is 6.24. The lowest BCUT2D eigenvalue weighted by atomic mass is 10.2. The second-order valence-corrected chi connectivity index (χ2v) is 4.27. The summed E-state index contributed by atoms with van der Waals surface area (Å²) in [5, 5.41) is 11.0. The van der Waals surface area contributed by atoms with Crippen LogP contribution in [0.3, 0.4) is 0 Å². The van der Waals surface area contributed by atoms with Gasteiger partial charge in [0, 0.05) is 16.4 Å². The summed E-state index contributed by atoms with van der Waals surface area (Å²) < 4.78 is 0. The van der Waals surface area contributed by atoms with Crippen LogP contribution in [0.5, 0.6) is 0 Å². The largest absolute Gasteiger partial charge is 0.478 e. The van der Waals surface area contributed by atoms with Crippen molar-refractivity contribution in [3.8, 4) is 0 Å². The third-order valence-electron chi connectivity index (χ3n) is 2.51. The van der Waals surface area contributed by atoms with Crippen LogP contribution in [0.2, 0.25) is 0 Å². The van der Waals surface area contributed by atoms with Crippen LogP contribution in [0.4, 0.5) is 5.69 Å². The lowest BCUT2D eigenvalue weighted by molar-refractivity contribution is -0.132. The molecule has 0 atom stereocenters. The molecule has 0 radical (unpaired) electrons. The summed E-state index contributed by atoms with van der Waals surface area (Å²) in [4.78, 5) is 31.9. The fraction of sp³-hybridized carbons (Fsp3) is 0.0667. The van der Waals surface area contributed by atoms with Crippen molar-refractivity contribution in [1.29, 1.82) is 0 Å². The first-order valence-electron chi connectivity index (χ1n) is 6.21. The number of rotatable bonds is 7. The Morgan fingerprint density at radius 3 is 2.73 bits per heavy atom. The second-order valence-electron chi connectivity index (χ2n) is 4.27. The molecule has 114 valence electrons. The monoisotopic (exact) mass is 301 g/mol. The summed E-state index contributed by atoms with van der Waals surface area (Å²) in [5.74, 6) is -1.93. The fourth-order valence-electron chi connectivity index (χ4n) is 1.37. The van der Waals surface area contributed by atoms with Crippen LogP contribution < -0.4 is 10.9 Å². The zero-order chi connectivity index (χ0) is 16.5. The van der Waals surface area contributed by atoms with Gasteiger partial charge in [0.1, 0.15) is 0 Å². The minimum absolute atomic E-state index is 0.0235. The molecule has 1 rings (SSSR count). The number of carboxylic acids is 1. The first kappa shape index (κ1) is 16.8. The molecule has 0 bridgehead atoms. The van der Waals surface area contributed by atoms with Crippen molar-refractivity contribution >= 4 is 17.6 Å². The molecule has 1 amide bonds. The van der Waals surface area contributed by atoms with Gasteiger partial charge in [-0.1, -0.05) is 18.7 Å². The molecule has 0 fully saturated rings. The van der Waals surface area contributed by atoms with Gasteiger partial charge in [-0.15, -0.1) is 4.91 Å².